The lowest BCUT2D eigenvalue weighted by Crippen LogP contribution is -2.59. The first-order chi connectivity index (χ1) is 18.8. The zero-order valence-corrected chi connectivity index (χ0v) is 25.1. The average Bonchev–Trinajstić information content (AvgIpc) is 2.82. The molecule has 2 aliphatic rings. The van der Waals surface area contributed by atoms with E-state index in [1.807, 2.05) is 0 Å². The highest BCUT2D eigenvalue weighted by Gasteiger charge is 2.49. The molecule has 5 N–H and O–H groups in total. The van der Waals surface area contributed by atoms with Gasteiger partial charge in [-0.2, -0.15) is 30.0 Å². The van der Waals surface area contributed by atoms with E-state index in [9.17, 15) is 44.3 Å². The molecule has 4 unspecified atom stereocenters. The lowest BCUT2D eigenvalue weighted by Gasteiger charge is -2.46. The molecule has 21 heteroatoms. The van der Waals surface area contributed by atoms with Gasteiger partial charge in [0.1, 0.15) is 12.2 Å². The Bertz CT molecular complexity index is 1190. The molecule has 2 saturated heterocycles. The number of aliphatic carboxylic acids is 1. The molecule has 0 amide bonds. The first-order valence-electron chi connectivity index (χ1n) is 12.4. The molecule has 2 fully saturated rings. The standard InChI is InChI=1S/C20H37NO17S3/c1-5-14-17(21-39(24,25)26)10(2)12(15(36-14)9-35-40(27,28)29)7-34-8-16-18(38-41(30,31)32)11(3)13(6-33-4)19(37-16)20(22)23/h10-19,21H,5-9H2,1-4H3,(H,22,23)(H,24,25,26)(H,27,28,29)(H,30,31,32)/t10-,11-,12+,13+,14-,15?,16+,17?,18?,19?/m1/s1. The van der Waals surface area contributed by atoms with Gasteiger partial charge < -0.3 is 24.1 Å². The second kappa shape index (κ2) is 14.6. The Morgan fingerprint density at radius 3 is 1.95 bits per heavy atom. The van der Waals surface area contributed by atoms with Crippen LogP contribution in [0.1, 0.15) is 27.2 Å². The van der Waals surface area contributed by atoms with Crippen LogP contribution in [0.3, 0.4) is 0 Å². The van der Waals surface area contributed by atoms with Gasteiger partial charge in [0.25, 0.3) is 0 Å². The van der Waals surface area contributed by atoms with E-state index in [0.717, 1.165) is 0 Å². The third-order valence-electron chi connectivity index (χ3n) is 7.24. The summed E-state index contributed by atoms with van der Waals surface area (Å²) < 4.78 is 130. The molecule has 2 heterocycles. The summed E-state index contributed by atoms with van der Waals surface area (Å²) in [6.07, 6.45) is -5.90. The van der Waals surface area contributed by atoms with E-state index in [1.54, 1.807) is 13.8 Å². The van der Waals surface area contributed by atoms with Crippen LogP contribution in [0.15, 0.2) is 0 Å². The molecule has 0 aliphatic carbocycles. The zero-order chi connectivity index (χ0) is 31.3. The molecular formula is C20H37NO17S3. The number of rotatable bonds is 15. The zero-order valence-electron chi connectivity index (χ0n) is 22.6. The Morgan fingerprint density at radius 1 is 0.829 bits per heavy atom. The van der Waals surface area contributed by atoms with Crippen LogP contribution in [0.25, 0.3) is 0 Å². The van der Waals surface area contributed by atoms with Crippen molar-refractivity contribution < 1.29 is 76.1 Å². The van der Waals surface area contributed by atoms with Crippen molar-refractivity contribution in [2.45, 2.75) is 63.8 Å². The van der Waals surface area contributed by atoms with E-state index < -0.39 is 111 Å². The summed E-state index contributed by atoms with van der Waals surface area (Å²) in [5.74, 6) is -4.61. The van der Waals surface area contributed by atoms with Gasteiger partial charge in [0.15, 0.2) is 6.10 Å². The van der Waals surface area contributed by atoms with Crippen LogP contribution in [0.4, 0.5) is 0 Å². The van der Waals surface area contributed by atoms with Crippen LogP contribution in [0.2, 0.25) is 0 Å². The summed E-state index contributed by atoms with van der Waals surface area (Å²) in [4.78, 5) is 11.9. The molecule has 0 saturated carbocycles. The van der Waals surface area contributed by atoms with Crippen molar-refractivity contribution in [2.24, 2.45) is 23.7 Å². The van der Waals surface area contributed by atoms with Crippen LogP contribution in [0, 0.1) is 23.7 Å². The summed E-state index contributed by atoms with van der Waals surface area (Å²) >= 11 is 0. The Hall–Kier alpha value is -1.08. The fourth-order valence-corrected chi connectivity index (χ4v) is 6.87. The van der Waals surface area contributed by atoms with Crippen LogP contribution in [-0.4, -0.2) is 120 Å². The van der Waals surface area contributed by atoms with E-state index in [0.29, 0.717) is 0 Å². The number of hydrogen-bond acceptors (Lipinski definition) is 13. The molecule has 0 aromatic carbocycles. The van der Waals surface area contributed by atoms with Gasteiger partial charge in [-0.1, -0.05) is 20.8 Å². The molecule has 2 aliphatic heterocycles. The molecule has 0 aromatic rings. The number of carbonyl (C=O) groups is 1. The first kappa shape index (κ1) is 36.1. The van der Waals surface area contributed by atoms with Crippen molar-refractivity contribution in [1.29, 1.82) is 0 Å². The second-order valence-electron chi connectivity index (χ2n) is 9.91. The summed E-state index contributed by atoms with van der Waals surface area (Å²) in [5.41, 5.74) is 0. The van der Waals surface area contributed by atoms with Crippen LogP contribution >= 0.6 is 0 Å². The van der Waals surface area contributed by atoms with Crippen molar-refractivity contribution in [2.75, 3.05) is 33.5 Å². The lowest BCUT2D eigenvalue weighted by molar-refractivity contribution is -0.209. The first-order valence-corrected chi connectivity index (χ1v) is 16.6. The fraction of sp³-hybridized carbons (Fsp3) is 0.950. The van der Waals surface area contributed by atoms with Gasteiger partial charge >= 0.3 is 37.1 Å². The van der Waals surface area contributed by atoms with Crippen molar-refractivity contribution in [3.05, 3.63) is 0 Å². The summed E-state index contributed by atoms with van der Waals surface area (Å²) in [6.45, 7) is 3.08. The SMILES string of the molecule is CC[C@H]1OC(COS(=O)(=O)O)[C@@H](COC[C@@H]2OC(C(=O)O)[C@@H](COC)[C@@H](C)C2OS(=O)(=O)O)[C@@H](C)C1NS(=O)(=O)O. The van der Waals surface area contributed by atoms with Crippen LogP contribution < -0.4 is 4.72 Å². The molecule has 2 rings (SSSR count). The number of methoxy groups -OCH3 is 1. The van der Waals surface area contributed by atoms with Crippen LogP contribution in [0.5, 0.6) is 0 Å². The van der Waals surface area contributed by atoms with Gasteiger partial charge in [-0.25, -0.2) is 13.2 Å². The van der Waals surface area contributed by atoms with E-state index in [-0.39, 0.29) is 19.6 Å². The highest BCUT2D eigenvalue weighted by atomic mass is 32.3. The van der Waals surface area contributed by atoms with Gasteiger partial charge in [0, 0.05) is 18.9 Å². The van der Waals surface area contributed by atoms with Gasteiger partial charge in [-0.15, -0.1) is 0 Å². The highest BCUT2D eigenvalue weighted by molar-refractivity contribution is 7.83. The molecule has 41 heavy (non-hydrogen) atoms. The average molecular weight is 660 g/mol. The third-order valence-corrected chi connectivity index (χ3v) is 8.71. The number of nitrogens with one attached hydrogen (secondary N) is 1. The number of carboxylic acid groups (broad SMARTS) is 1. The van der Waals surface area contributed by atoms with Crippen molar-refractivity contribution in [1.82, 2.24) is 4.72 Å². The van der Waals surface area contributed by atoms with Gasteiger partial charge in [0.05, 0.1) is 44.7 Å². The Balaban J connectivity index is 2.30. The third kappa shape index (κ3) is 10.9. The minimum Gasteiger partial charge on any atom is -0.479 e. The molecule has 0 bridgehead atoms. The number of ether oxygens (including phenoxy) is 4. The maximum Gasteiger partial charge on any atom is 0.397 e. The number of hydrogen-bond donors (Lipinski definition) is 5. The Labute approximate surface area is 238 Å². The Morgan fingerprint density at radius 2 is 1.46 bits per heavy atom. The fourth-order valence-electron chi connectivity index (χ4n) is 5.28. The lowest BCUT2D eigenvalue weighted by atomic mass is 9.79. The van der Waals surface area contributed by atoms with Crippen molar-refractivity contribution >= 4 is 37.1 Å². The minimum absolute atomic E-state index is 0.135. The summed E-state index contributed by atoms with van der Waals surface area (Å²) in [6, 6.07) is -1.00. The monoisotopic (exact) mass is 659 g/mol. The quantitative estimate of drug-likeness (QED) is 0.131. The highest BCUT2D eigenvalue weighted by Crippen LogP contribution is 2.36. The number of carboxylic acids is 1. The predicted molar refractivity (Wildman–Crippen MR) is 136 cm³/mol. The summed E-state index contributed by atoms with van der Waals surface area (Å²) in [5, 5.41) is 9.68. The minimum atomic E-state index is -5.01. The van der Waals surface area contributed by atoms with Crippen molar-refractivity contribution in [3.8, 4) is 0 Å². The molecule has 0 radical (unpaired) electrons. The summed E-state index contributed by atoms with van der Waals surface area (Å²) in [7, 11) is -13.3. The van der Waals surface area contributed by atoms with Gasteiger partial charge in [0.2, 0.25) is 0 Å². The molecule has 0 aromatic heterocycles. The van der Waals surface area contributed by atoms with E-state index in [2.05, 4.69) is 8.91 Å². The maximum atomic E-state index is 11.9. The topological polar surface area (TPSA) is 268 Å². The normalized spacial score (nSPS) is 35.3. The van der Waals surface area contributed by atoms with Crippen molar-refractivity contribution in [3.63, 3.8) is 0 Å². The molecular weight excluding hydrogens is 622 g/mol. The second-order valence-corrected chi connectivity index (χ2v) is 13.2. The molecule has 0 spiro atoms. The molecule has 10 atom stereocenters. The predicted octanol–water partition coefficient (Wildman–Crippen LogP) is -1.05. The molecule has 18 nitrogen and oxygen atoms in total. The van der Waals surface area contributed by atoms with Gasteiger partial charge in [-0.3, -0.25) is 13.7 Å². The Kier molecular flexibility index (Phi) is 12.9. The van der Waals surface area contributed by atoms with E-state index in [1.165, 1.54) is 14.0 Å². The maximum absolute atomic E-state index is 11.9. The molecule has 242 valence electrons. The van der Waals surface area contributed by atoms with Gasteiger partial charge in [-0.05, 0) is 18.3 Å². The largest absolute Gasteiger partial charge is 0.479 e. The van der Waals surface area contributed by atoms with E-state index >= 15 is 0 Å². The van der Waals surface area contributed by atoms with Crippen LogP contribution in [-0.2, 0) is 63.2 Å². The van der Waals surface area contributed by atoms with E-state index in [4.69, 9.17) is 27.7 Å². The smallest absolute Gasteiger partial charge is 0.397 e.